The summed E-state index contributed by atoms with van der Waals surface area (Å²) in [4.78, 5) is 12.1. The molecule has 1 amide bonds. The minimum absolute atomic E-state index is 0.342. The fraction of sp³-hybridized carbons (Fsp3) is 0.154. The molecule has 0 unspecified atom stereocenters. The second-order valence-corrected chi connectivity index (χ2v) is 3.79. The van der Waals surface area contributed by atoms with E-state index in [2.05, 4.69) is 10.4 Å². The topological polar surface area (TPSA) is 79.9 Å². The van der Waals surface area contributed by atoms with Crippen molar-refractivity contribution in [3.05, 3.63) is 41.7 Å². The summed E-state index contributed by atoms with van der Waals surface area (Å²) in [6.07, 6.45) is 1.53. The predicted octanol–water partition coefficient (Wildman–Crippen LogP) is 1.55. The molecule has 0 fully saturated rings. The van der Waals surface area contributed by atoms with Crippen LogP contribution in [0.4, 0.5) is 5.69 Å². The summed E-state index contributed by atoms with van der Waals surface area (Å²) in [6, 6.07) is 8.60. The number of hydrogen-bond acceptors (Lipinski definition) is 4. The maximum absolute atomic E-state index is 12.1. The third-order valence-corrected chi connectivity index (χ3v) is 2.66. The molecule has 0 spiro atoms. The number of carbonyl (C=O) groups is 1. The lowest BCUT2D eigenvalue weighted by molar-refractivity contribution is 0.101. The van der Waals surface area contributed by atoms with Crippen molar-refractivity contribution in [2.45, 2.75) is 0 Å². The van der Waals surface area contributed by atoms with E-state index in [0.717, 1.165) is 0 Å². The van der Waals surface area contributed by atoms with Gasteiger partial charge in [0.1, 0.15) is 23.2 Å². The van der Waals surface area contributed by atoms with Crippen LogP contribution in [0.2, 0.25) is 0 Å². The smallest absolute Gasteiger partial charge is 0.274 e. The number of carbonyl (C=O) groups excluding carboxylic acids is 1. The number of rotatable bonds is 3. The fourth-order valence-corrected chi connectivity index (χ4v) is 1.70. The van der Waals surface area contributed by atoms with E-state index < -0.39 is 0 Å². The Balaban J connectivity index is 2.36. The summed E-state index contributed by atoms with van der Waals surface area (Å²) in [6.45, 7) is 0. The molecule has 0 aliphatic heterocycles. The molecule has 1 N–H and O–H groups in total. The number of benzene rings is 1. The third-order valence-electron chi connectivity index (χ3n) is 2.66. The van der Waals surface area contributed by atoms with Gasteiger partial charge in [0, 0.05) is 13.2 Å². The van der Waals surface area contributed by atoms with Crippen LogP contribution in [0.5, 0.6) is 5.75 Å². The number of ether oxygens (including phenoxy) is 1. The van der Waals surface area contributed by atoms with E-state index >= 15 is 0 Å². The number of anilines is 1. The minimum Gasteiger partial charge on any atom is -0.495 e. The predicted molar refractivity (Wildman–Crippen MR) is 68.9 cm³/mol. The molecule has 2 aromatic rings. The Bertz CT molecular complexity index is 655. The van der Waals surface area contributed by atoms with E-state index in [-0.39, 0.29) is 5.91 Å². The standard InChI is InChI=1S/C13H12N4O2/c1-17-10(6-7-15-17)13(18)16-12-9(8-14)4-3-5-11(12)19-2/h3-7H,1-2H3,(H,16,18). The molecule has 6 nitrogen and oxygen atoms in total. The van der Waals surface area contributed by atoms with Crippen LogP contribution in [0.15, 0.2) is 30.5 Å². The van der Waals surface area contributed by atoms with Crippen molar-refractivity contribution in [1.82, 2.24) is 9.78 Å². The first-order valence-corrected chi connectivity index (χ1v) is 5.54. The van der Waals surface area contributed by atoms with Crippen molar-refractivity contribution >= 4 is 11.6 Å². The molecule has 2 rings (SSSR count). The molecule has 0 aliphatic carbocycles. The van der Waals surface area contributed by atoms with Gasteiger partial charge in [0.2, 0.25) is 0 Å². The van der Waals surface area contributed by atoms with Crippen LogP contribution in [-0.2, 0) is 7.05 Å². The van der Waals surface area contributed by atoms with E-state index in [4.69, 9.17) is 10.00 Å². The first-order chi connectivity index (χ1) is 9.17. The second kappa shape index (κ2) is 5.23. The van der Waals surface area contributed by atoms with E-state index in [0.29, 0.717) is 22.7 Å². The van der Waals surface area contributed by atoms with Gasteiger partial charge >= 0.3 is 0 Å². The summed E-state index contributed by atoms with van der Waals surface area (Å²) >= 11 is 0. The molecule has 1 aromatic heterocycles. The normalized spacial score (nSPS) is 9.74. The van der Waals surface area contributed by atoms with Crippen LogP contribution in [0.1, 0.15) is 16.1 Å². The average molecular weight is 256 g/mol. The SMILES string of the molecule is COc1cccc(C#N)c1NC(=O)c1ccnn1C. The maximum atomic E-state index is 12.1. The molecular formula is C13H12N4O2. The Morgan fingerprint density at radius 3 is 2.84 bits per heavy atom. The maximum Gasteiger partial charge on any atom is 0.274 e. The number of amides is 1. The van der Waals surface area contributed by atoms with Crippen molar-refractivity contribution in [2.75, 3.05) is 12.4 Å². The van der Waals surface area contributed by atoms with Gasteiger partial charge < -0.3 is 10.1 Å². The number of nitrogens with zero attached hydrogens (tertiary/aromatic N) is 3. The quantitative estimate of drug-likeness (QED) is 0.903. The monoisotopic (exact) mass is 256 g/mol. The van der Waals surface area contributed by atoms with Crippen molar-refractivity contribution < 1.29 is 9.53 Å². The molecule has 0 atom stereocenters. The summed E-state index contributed by atoms with van der Waals surface area (Å²) in [5, 5.41) is 15.7. The summed E-state index contributed by atoms with van der Waals surface area (Å²) < 4.78 is 6.60. The number of methoxy groups -OCH3 is 1. The molecule has 6 heteroatoms. The molecule has 0 radical (unpaired) electrons. The summed E-state index contributed by atoms with van der Waals surface area (Å²) in [7, 11) is 3.15. The molecule has 1 aromatic carbocycles. The number of aromatic nitrogens is 2. The highest BCUT2D eigenvalue weighted by molar-refractivity contribution is 6.04. The van der Waals surface area contributed by atoms with Crippen molar-refractivity contribution in [2.24, 2.45) is 7.05 Å². The molecule has 0 saturated heterocycles. The Morgan fingerprint density at radius 2 is 2.26 bits per heavy atom. The van der Waals surface area contributed by atoms with Gasteiger partial charge in [-0.15, -0.1) is 0 Å². The van der Waals surface area contributed by atoms with Gasteiger partial charge in [0.05, 0.1) is 12.7 Å². The first kappa shape index (κ1) is 12.6. The van der Waals surface area contributed by atoms with Crippen molar-refractivity contribution in [3.8, 4) is 11.8 Å². The van der Waals surface area contributed by atoms with Crippen LogP contribution in [0.3, 0.4) is 0 Å². The minimum atomic E-state index is -0.346. The second-order valence-electron chi connectivity index (χ2n) is 3.79. The van der Waals surface area contributed by atoms with Crippen molar-refractivity contribution in [3.63, 3.8) is 0 Å². The molecule has 96 valence electrons. The zero-order chi connectivity index (χ0) is 13.8. The van der Waals surface area contributed by atoms with Gasteiger partial charge in [0.15, 0.2) is 0 Å². The summed E-state index contributed by atoms with van der Waals surface area (Å²) in [5.74, 6) is 0.0931. The van der Waals surface area contributed by atoms with Crippen LogP contribution >= 0.6 is 0 Å². The molecule has 19 heavy (non-hydrogen) atoms. The number of aryl methyl sites for hydroxylation is 1. The Labute approximate surface area is 110 Å². The van der Waals surface area contributed by atoms with Crippen LogP contribution in [-0.4, -0.2) is 22.8 Å². The molecule has 1 heterocycles. The lowest BCUT2D eigenvalue weighted by Crippen LogP contribution is -2.17. The van der Waals surface area contributed by atoms with Gasteiger partial charge in [-0.2, -0.15) is 10.4 Å². The average Bonchev–Trinajstić information content (AvgIpc) is 2.85. The zero-order valence-corrected chi connectivity index (χ0v) is 10.5. The van der Waals surface area contributed by atoms with E-state index in [1.165, 1.54) is 18.0 Å². The lowest BCUT2D eigenvalue weighted by atomic mass is 10.1. The Hall–Kier alpha value is -2.81. The van der Waals surface area contributed by atoms with E-state index in [1.54, 1.807) is 31.3 Å². The highest BCUT2D eigenvalue weighted by Crippen LogP contribution is 2.28. The number of hydrogen-bond donors (Lipinski definition) is 1. The molecule has 0 bridgehead atoms. The highest BCUT2D eigenvalue weighted by Gasteiger charge is 2.15. The highest BCUT2D eigenvalue weighted by atomic mass is 16.5. The van der Waals surface area contributed by atoms with Crippen LogP contribution < -0.4 is 10.1 Å². The zero-order valence-electron chi connectivity index (χ0n) is 10.5. The van der Waals surface area contributed by atoms with Crippen LogP contribution in [0.25, 0.3) is 0 Å². The molecule has 0 saturated carbocycles. The largest absolute Gasteiger partial charge is 0.495 e. The fourth-order valence-electron chi connectivity index (χ4n) is 1.70. The first-order valence-electron chi connectivity index (χ1n) is 5.54. The van der Waals surface area contributed by atoms with Crippen LogP contribution in [0, 0.1) is 11.3 Å². The van der Waals surface area contributed by atoms with Gasteiger partial charge in [0.25, 0.3) is 5.91 Å². The molecular weight excluding hydrogens is 244 g/mol. The van der Waals surface area contributed by atoms with E-state index in [1.807, 2.05) is 6.07 Å². The van der Waals surface area contributed by atoms with Gasteiger partial charge in [-0.1, -0.05) is 6.07 Å². The Kier molecular flexibility index (Phi) is 3.48. The van der Waals surface area contributed by atoms with Crippen molar-refractivity contribution in [1.29, 1.82) is 5.26 Å². The Morgan fingerprint density at radius 1 is 1.47 bits per heavy atom. The third kappa shape index (κ3) is 2.40. The van der Waals surface area contributed by atoms with Gasteiger partial charge in [-0.25, -0.2) is 0 Å². The lowest BCUT2D eigenvalue weighted by Gasteiger charge is -2.11. The number of nitriles is 1. The van der Waals surface area contributed by atoms with Gasteiger partial charge in [-0.3, -0.25) is 9.48 Å². The number of nitrogens with one attached hydrogen (secondary N) is 1. The molecule has 0 aliphatic rings. The number of para-hydroxylation sites is 1. The van der Waals surface area contributed by atoms with Gasteiger partial charge in [-0.05, 0) is 18.2 Å². The van der Waals surface area contributed by atoms with E-state index in [9.17, 15) is 4.79 Å². The summed E-state index contributed by atoms with van der Waals surface area (Å²) in [5.41, 5.74) is 1.10.